The van der Waals surface area contributed by atoms with Crippen LogP contribution in [-0.2, 0) is 18.0 Å². The molecule has 168 valence electrons. The second-order valence-electron chi connectivity index (χ2n) is 7.72. The van der Waals surface area contributed by atoms with Gasteiger partial charge in [-0.05, 0) is 32.4 Å². The van der Waals surface area contributed by atoms with Crippen LogP contribution < -0.4 is 5.32 Å². The van der Waals surface area contributed by atoms with Gasteiger partial charge in [-0.2, -0.15) is 0 Å². The molecule has 0 bridgehead atoms. The zero-order chi connectivity index (χ0) is 22.2. The van der Waals surface area contributed by atoms with Crippen LogP contribution in [0.4, 0.5) is 0 Å². The number of ketones is 1. The Morgan fingerprint density at radius 2 is 1.57 bits per heavy atom. The molecule has 30 heavy (non-hydrogen) atoms. The highest BCUT2D eigenvalue weighted by Gasteiger charge is 2.37. The maximum atomic E-state index is 13.0. The van der Waals surface area contributed by atoms with E-state index in [1.807, 2.05) is 13.8 Å². The number of ether oxygens (including phenoxy) is 1. The lowest BCUT2D eigenvalue weighted by molar-refractivity contribution is -0.00430. The zero-order valence-electron chi connectivity index (χ0n) is 18.7. The molecule has 9 heteroatoms. The summed E-state index contributed by atoms with van der Waals surface area (Å²) in [5, 5.41) is 2.88. The van der Waals surface area contributed by atoms with Crippen molar-refractivity contribution >= 4 is 20.5 Å². The Hall–Kier alpha value is -1.62. The number of nitrogens with one attached hydrogen (secondary N) is 1. The molecule has 0 atom stereocenters. The van der Waals surface area contributed by atoms with Crippen molar-refractivity contribution in [3.63, 3.8) is 0 Å². The molecule has 1 saturated heterocycles. The summed E-state index contributed by atoms with van der Waals surface area (Å²) in [5.41, 5.74) is 0.497. The molecule has 8 nitrogen and oxygen atoms in total. The number of rotatable bonds is 11. The Morgan fingerprint density at radius 3 is 2.10 bits per heavy atom. The third kappa shape index (κ3) is 5.96. The predicted molar refractivity (Wildman–Crippen MR) is 116 cm³/mol. The summed E-state index contributed by atoms with van der Waals surface area (Å²) in [6, 6.07) is 7.43. The van der Waals surface area contributed by atoms with E-state index >= 15 is 0 Å². The second-order valence-corrected chi connectivity index (χ2v) is 10.8. The summed E-state index contributed by atoms with van der Waals surface area (Å²) in [5.74, 6) is -0.141. The van der Waals surface area contributed by atoms with Crippen LogP contribution in [0.2, 0.25) is 6.04 Å². The van der Waals surface area contributed by atoms with Crippen molar-refractivity contribution in [3.05, 3.63) is 35.4 Å². The Morgan fingerprint density at radius 1 is 1.03 bits per heavy atom. The summed E-state index contributed by atoms with van der Waals surface area (Å²) < 4.78 is 21.5. The molecular formula is C21H34N2O6Si. The van der Waals surface area contributed by atoms with Gasteiger partial charge in [0.2, 0.25) is 0 Å². The van der Waals surface area contributed by atoms with Crippen LogP contribution in [0.1, 0.15) is 41.0 Å². The van der Waals surface area contributed by atoms with Gasteiger partial charge in [0.25, 0.3) is 5.91 Å². The van der Waals surface area contributed by atoms with Gasteiger partial charge in [-0.3, -0.25) is 14.5 Å². The minimum Gasteiger partial charge on any atom is -0.379 e. The molecule has 1 heterocycles. The van der Waals surface area contributed by atoms with Crippen molar-refractivity contribution in [2.75, 3.05) is 54.2 Å². The third-order valence-electron chi connectivity index (χ3n) is 5.64. The average molecular weight is 439 g/mol. The van der Waals surface area contributed by atoms with Crippen LogP contribution in [0.15, 0.2) is 24.3 Å². The molecule has 1 aliphatic rings. The van der Waals surface area contributed by atoms with Crippen LogP contribution in [0.5, 0.6) is 0 Å². The van der Waals surface area contributed by atoms with Crippen LogP contribution in [-0.4, -0.2) is 85.1 Å². The van der Waals surface area contributed by atoms with E-state index in [1.54, 1.807) is 45.6 Å². The summed E-state index contributed by atoms with van der Waals surface area (Å²) in [4.78, 5) is 27.6. The van der Waals surface area contributed by atoms with Crippen molar-refractivity contribution < 1.29 is 27.6 Å². The fourth-order valence-corrected chi connectivity index (χ4v) is 5.28. The lowest BCUT2D eigenvalue weighted by atomic mass is 9.90. The lowest BCUT2D eigenvalue weighted by Gasteiger charge is -2.39. The molecule has 1 amide bonds. The largest absolute Gasteiger partial charge is 0.500 e. The quantitative estimate of drug-likeness (QED) is 0.321. The van der Waals surface area contributed by atoms with Gasteiger partial charge in [0.15, 0.2) is 5.78 Å². The molecule has 1 aromatic carbocycles. The van der Waals surface area contributed by atoms with Crippen molar-refractivity contribution in [1.82, 2.24) is 10.2 Å². The number of nitrogens with zero attached hydrogens (tertiary/aromatic N) is 1. The van der Waals surface area contributed by atoms with E-state index in [0.29, 0.717) is 43.4 Å². The van der Waals surface area contributed by atoms with E-state index in [9.17, 15) is 9.59 Å². The standard InChI is InChI=1S/C21H34N2O6Si/c1-21(2,23-12-14-29-15-13-23)19(24)17-7-9-18(10-8-17)20(25)22-11-6-16-30(26-3,27-4)28-5/h7-10H,6,11-16H2,1-5H3,(H,22,25). The minimum atomic E-state index is -2.62. The van der Waals surface area contributed by atoms with Crippen molar-refractivity contribution in [1.29, 1.82) is 0 Å². The minimum absolute atomic E-state index is 0.0383. The summed E-state index contributed by atoms with van der Waals surface area (Å²) in [6.45, 7) is 7.10. The molecule has 0 aliphatic carbocycles. The van der Waals surface area contributed by atoms with Gasteiger partial charge in [0.1, 0.15) is 0 Å². The number of hydrogen-bond donors (Lipinski definition) is 1. The first-order valence-corrected chi connectivity index (χ1v) is 12.1. The maximum absolute atomic E-state index is 13.0. The molecule has 1 fully saturated rings. The highest BCUT2D eigenvalue weighted by atomic mass is 28.4. The predicted octanol–water partition coefficient (Wildman–Crippen LogP) is 1.98. The smallest absolute Gasteiger partial charge is 0.379 e. The number of Topliss-reactive ketones (excluding diaryl/α,β-unsaturated/α-hetero) is 1. The van der Waals surface area contributed by atoms with E-state index in [-0.39, 0.29) is 11.7 Å². The van der Waals surface area contributed by atoms with Gasteiger partial charge in [-0.25, -0.2) is 0 Å². The van der Waals surface area contributed by atoms with Crippen molar-refractivity contribution in [2.45, 2.75) is 31.9 Å². The average Bonchev–Trinajstić information content (AvgIpc) is 2.79. The monoisotopic (exact) mass is 438 g/mol. The maximum Gasteiger partial charge on any atom is 0.500 e. The fourth-order valence-electron chi connectivity index (χ4n) is 3.56. The first-order valence-electron chi connectivity index (χ1n) is 10.2. The molecule has 0 unspecified atom stereocenters. The Bertz CT molecular complexity index is 692. The summed E-state index contributed by atoms with van der Waals surface area (Å²) in [6.07, 6.45) is 0.678. The van der Waals surface area contributed by atoms with Crippen LogP contribution in [0, 0.1) is 0 Å². The molecule has 0 radical (unpaired) electrons. The normalized spacial score (nSPS) is 15.8. The highest BCUT2D eigenvalue weighted by Crippen LogP contribution is 2.22. The molecule has 2 rings (SSSR count). The van der Waals surface area contributed by atoms with E-state index in [1.165, 1.54) is 0 Å². The first-order chi connectivity index (χ1) is 14.3. The van der Waals surface area contributed by atoms with E-state index in [2.05, 4.69) is 10.2 Å². The number of morpholine rings is 1. The fraction of sp³-hybridized carbons (Fsp3) is 0.619. The SMILES string of the molecule is CO[Si](CCCNC(=O)c1ccc(C(=O)C(C)(C)N2CCOCC2)cc1)(OC)OC. The van der Waals surface area contributed by atoms with E-state index < -0.39 is 14.3 Å². The first kappa shape index (κ1) is 24.6. The second kappa shape index (κ2) is 11.1. The number of hydrogen-bond acceptors (Lipinski definition) is 7. The number of carbonyl (C=O) groups is 2. The van der Waals surface area contributed by atoms with E-state index in [4.69, 9.17) is 18.0 Å². The zero-order valence-corrected chi connectivity index (χ0v) is 19.7. The van der Waals surface area contributed by atoms with Crippen LogP contribution >= 0.6 is 0 Å². The Balaban J connectivity index is 1.90. The molecule has 0 aromatic heterocycles. The summed E-state index contributed by atoms with van der Waals surface area (Å²) >= 11 is 0. The molecular weight excluding hydrogens is 404 g/mol. The molecule has 1 aliphatic heterocycles. The number of benzene rings is 1. The van der Waals surface area contributed by atoms with Crippen molar-refractivity contribution in [3.8, 4) is 0 Å². The van der Waals surface area contributed by atoms with Crippen LogP contribution in [0.25, 0.3) is 0 Å². The van der Waals surface area contributed by atoms with Gasteiger partial charge in [0, 0.05) is 58.1 Å². The Kier molecular flexibility index (Phi) is 9.14. The molecule has 1 aromatic rings. The van der Waals surface area contributed by atoms with Gasteiger partial charge < -0.3 is 23.3 Å². The van der Waals surface area contributed by atoms with Crippen LogP contribution in [0.3, 0.4) is 0 Å². The summed E-state index contributed by atoms with van der Waals surface area (Å²) in [7, 11) is 2.09. The number of amides is 1. The highest BCUT2D eigenvalue weighted by molar-refractivity contribution is 6.60. The topological polar surface area (TPSA) is 86.3 Å². The Labute approximate surface area is 180 Å². The lowest BCUT2D eigenvalue weighted by Crippen LogP contribution is -2.54. The molecule has 1 N–H and O–H groups in total. The van der Waals surface area contributed by atoms with Gasteiger partial charge in [-0.15, -0.1) is 0 Å². The van der Waals surface area contributed by atoms with Gasteiger partial charge in [-0.1, -0.05) is 12.1 Å². The molecule has 0 saturated carbocycles. The third-order valence-corrected chi connectivity index (χ3v) is 8.48. The van der Waals surface area contributed by atoms with Gasteiger partial charge in [0.05, 0.1) is 18.8 Å². The van der Waals surface area contributed by atoms with Gasteiger partial charge >= 0.3 is 8.80 Å². The van der Waals surface area contributed by atoms with Crippen molar-refractivity contribution in [2.24, 2.45) is 0 Å². The van der Waals surface area contributed by atoms with E-state index in [0.717, 1.165) is 13.1 Å². The molecule has 0 spiro atoms. The number of carbonyl (C=O) groups excluding carboxylic acids is 2.